The van der Waals surface area contributed by atoms with E-state index in [1.54, 1.807) is 0 Å². The van der Waals surface area contributed by atoms with Crippen molar-refractivity contribution in [3.8, 4) is 0 Å². The van der Waals surface area contributed by atoms with Gasteiger partial charge in [-0.05, 0) is 38.3 Å². The molecule has 2 N–H and O–H groups in total. The summed E-state index contributed by atoms with van der Waals surface area (Å²) in [7, 11) is 0. The van der Waals surface area contributed by atoms with E-state index in [-0.39, 0.29) is 0 Å². The van der Waals surface area contributed by atoms with E-state index in [0.717, 1.165) is 38.3 Å². The molecule has 1 saturated heterocycles. The zero-order valence-corrected chi connectivity index (χ0v) is 11.4. The summed E-state index contributed by atoms with van der Waals surface area (Å²) in [6.07, 6.45) is 2.26. The molecule has 18 heavy (non-hydrogen) atoms. The zero-order chi connectivity index (χ0) is 13.0. The van der Waals surface area contributed by atoms with Gasteiger partial charge in [-0.2, -0.15) is 0 Å². The molecule has 100 valence electrons. The summed E-state index contributed by atoms with van der Waals surface area (Å²) in [4.78, 5) is 2.55. The highest BCUT2D eigenvalue weighted by molar-refractivity contribution is 5.46. The Morgan fingerprint density at radius 3 is 2.56 bits per heavy atom. The first kappa shape index (κ1) is 13.4. The van der Waals surface area contributed by atoms with Gasteiger partial charge < -0.3 is 10.5 Å². The largest absolute Gasteiger partial charge is 0.398 e. The molecule has 2 rings (SSSR count). The van der Waals surface area contributed by atoms with Gasteiger partial charge in [0.1, 0.15) is 0 Å². The van der Waals surface area contributed by atoms with Crippen LogP contribution in [0.4, 0.5) is 5.69 Å². The number of hydrogen-bond donors (Lipinski definition) is 1. The van der Waals surface area contributed by atoms with Crippen molar-refractivity contribution in [2.45, 2.75) is 45.3 Å². The van der Waals surface area contributed by atoms with Crippen molar-refractivity contribution < 1.29 is 4.74 Å². The van der Waals surface area contributed by atoms with Crippen LogP contribution in [0.15, 0.2) is 24.3 Å². The summed E-state index contributed by atoms with van der Waals surface area (Å²) >= 11 is 0. The Hall–Kier alpha value is -1.06. The molecule has 0 spiro atoms. The predicted molar refractivity (Wildman–Crippen MR) is 75.4 cm³/mol. The van der Waals surface area contributed by atoms with Crippen molar-refractivity contribution in [1.29, 1.82) is 0 Å². The molecule has 1 aliphatic heterocycles. The Labute approximate surface area is 110 Å². The van der Waals surface area contributed by atoms with Gasteiger partial charge in [0.15, 0.2) is 0 Å². The lowest BCUT2D eigenvalue weighted by molar-refractivity contribution is 0.0189. The maximum atomic E-state index is 6.05. The summed E-state index contributed by atoms with van der Waals surface area (Å²) in [6, 6.07) is 9.33. The van der Waals surface area contributed by atoms with Gasteiger partial charge in [0.2, 0.25) is 0 Å². The Bertz CT molecular complexity index is 373. The van der Waals surface area contributed by atoms with E-state index in [9.17, 15) is 0 Å². The van der Waals surface area contributed by atoms with Crippen molar-refractivity contribution in [3.05, 3.63) is 29.8 Å². The Kier molecular flexibility index (Phi) is 4.61. The highest BCUT2D eigenvalue weighted by atomic mass is 16.5. The van der Waals surface area contributed by atoms with Crippen LogP contribution in [0.2, 0.25) is 0 Å². The molecular weight excluding hydrogens is 224 g/mol. The SMILES string of the molecule is CC(C)N(Cc1ccccc1N)C1CCOCC1. The fraction of sp³-hybridized carbons (Fsp3) is 0.600. The van der Waals surface area contributed by atoms with Crippen molar-refractivity contribution in [2.24, 2.45) is 0 Å². The normalized spacial score (nSPS) is 17.6. The second-order valence-corrected chi connectivity index (χ2v) is 5.31. The predicted octanol–water partition coefficient (Wildman–Crippen LogP) is 2.66. The monoisotopic (exact) mass is 248 g/mol. The molecule has 1 fully saturated rings. The molecule has 0 atom stereocenters. The van der Waals surface area contributed by atoms with Gasteiger partial charge in [-0.25, -0.2) is 0 Å². The highest BCUT2D eigenvalue weighted by Gasteiger charge is 2.24. The van der Waals surface area contributed by atoms with Crippen LogP contribution in [-0.4, -0.2) is 30.2 Å². The molecule has 0 unspecified atom stereocenters. The molecule has 0 aliphatic carbocycles. The molecule has 3 heteroatoms. The van der Waals surface area contributed by atoms with Crippen LogP contribution in [0.3, 0.4) is 0 Å². The van der Waals surface area contributed by atoms with Crippen LogP contribution in [-0.2, 0) is 11.3 Å². The minimum Gasteiger partial charge on any atom is -0.398 e. The number of nitrogens with two attached hydrogens (primary N) is 1. The number of ether oxygens (including phenoxy) is 1. The van der Waals surface area contributed by atoms with Crippen LogP contribution in [0.25, 0.3) is 0 Å². The molecule has 0 saturated carbocycles. The summed E-state index contributed by atoms with van der Waals surface area (Å²) in [5, 5.41) is 0. The first-order valence-electron chi connectivity index (χ1n) is 6.85. The third-order valence-corrected chi connectivity index (χ3v) is 3.73. The van der Waals surface area contributed by atoms with Crippen molar-refractivity contribution in [1.82, 2.24) is 4.90 Å². The van der Waals surface area contributed by atoms with E-state index in [4.69, 9.17) is 10.5 Å². The quantitative estimate of drug-likeness (QED) is 0.833. The molecule has 1 aromatic rings. The summed E-state index contributed by atoms with van der Waals surface area (Å²) in [6.45, 7) is 7.23. The molecule has 1 aromatic carbocycles. The second-order valence-electron chi connectivity index (χ2n) is 5.31. The minimum absolute atomic E-state index is 0.535. The molecule has 0 aromatic heterocycles. The van der Waals surface area contributed by atoms with Gasteiger partial charge in [-0.3, -0.25) is 4.90 Å². The van der Waals surface area contributed by atoms with Gasteiger partial charge in [0, 0.05) is 37.5 Å². The number of anilines is 1. The Balaban J connectivity index is 2.08. The van der Waals surface area contributed by atoms with Crippen molar-refractivity contribution >= 4 is 5.69 Å². The maximum absolute atomic E-state index is 6.05. The van der Waals surface area contributed by atoms with E-state index in [1.165, 1.54) is 5.56 Å². The third-order valence-electron chi connectivity index (χ3n) is 3.73. The van der Waals surface area contributed by atoms with Crippen LogP contribution in [0, 0.1) is 0 Å². The topological polar surface area (TPSA) is 38.5 Å². The fourth-order valence-electron chi connectivity index (χ4n) is 2.62. The highest BCUT2D eigenvalue weighted by Crippen LogP contribution is 2.22. The van der Waals surface area contributed by atoms with E-state index in [1.807, 2.05) is 12.1 Å². The summed E-state index contributed by atoms with van der Waals surface area (Å²) < 4.78 is 5.45. The van der Waals surface area contributed by atoms with Crippen LogP contribution >= 0.6 is 0 Å². The van der Waals surface area contributed by atoms with E-state index in [2.05, 4.69) is 30.9 Å². The van der Waals surface area contributed by atoms with Crippen molar-refractivity contribution in [3.63, 3.8) is 0 Å². The number of hydrogen-bond acceptors (Lipinski definition) is 3. The van der Waals surface area contributed by atoms with E-state index >= 15 is 0 Å². The first-order valence-corrected chi connectivity index (χ1v) is 6.85. The molecule has 3 nitrogen and oxygen atoms in total. The number of para-hydroxylation sites is 1. The van der Waals surface area contributed by atoms with Crippen LogP contribution < -0.4 is 5.73 Å². The number of nitrogen functional groups attached to an aromatic ring is 1. The molecule has 0 radical (unpaired) electrons. The molecular formula is C15H24N2O. The van der Waals surface area contributed by atoms with E-state index < -0.39 is 0 Å². The smallest absolute Gasteiger partial charge is 0.0480 e. The standard InChI is InChI=1S/C15H24N2O/c1-12(2)17(14-7-9-18-10-8-14)11-13-5-3-4-6-15(13)16/h3-6,12,14H,7-11,16H2,1-2H3. The second kappa shape index (κ2) is 6.21. The molecule has 0 amide bonds. The Morgan fingerprint density at radius 1 is 1.28 bits per heavy atom. The van der Waals surface area contributed by atoms with Gasteiger partial charge in [0.25, 0.3) is 0 Å². The lowest BCUT2D eigenvalue weighted by atomic mass is 10.0. The fourth-order valence-corrected chi connectivity index (χ4v) is 2.62. The molecule has 0 bridgehead atoms. The third kappa shape index (κ3) is 3.24. The molecule has 1 aliphatic rings. The van der Waals surface area contributed by atoms with Gasteiger partial charge in [0.05, 0.1) is 0 Å². The Morgan fingerprint density at radius 2 is 1.94 bits per heavy atom. The van der Waals surface area contributed by atoms with Gasteiger partial charge in [-0.15, -0.1) is 0 Å². The average molecular weight is 248 g/mol. The van der Waals surface area contributed by atoms with Crippen molar-refractivity contribution in [2.75, 3.05) is 18.9 Å². The lowest BCUT2D eigenvalue weighted by Crippen LogP contribution is -2.43. The zero-order valence-electron chi connectivity index (χ0n) is 11.4. The molecule has 1 heterocycles. The lowest BCUT2D eigenvalue weighted by Gasteiger charge is -2.37. The number of nitrogens with zero attached hydrogens (tertiary/aromatic N) is 1. The number of benzene rings is 1. The average Bonchev–Trinajstić information content (AvgIpc) is 2.38. The minimum atomic E-state index is 0.535. The summed E-state index contributed by atoms with van der Waals surface area (Å²) in [5.41, 5.74) is 8.18. The summed E-state index contributed by atoms with van der Waals surface area (Å²) in [5.74, 6) is 0. The van der Waals surface area contributed by atoms with Crippen LogP contribution in [0.5, 0.6) is 0 Å². The van der Waals surface area contributed by atoms with E-state index in [0.29, 0.717) is 12.1 Å². The van der Waals surface area contributed by atoms with Gasteiger partial charge >= 0.3 is 0 Å². The maximum Gasteiger partial charge on any atom is 0.0480 e. The first-order chi connectivity index (χ1) is 8.68. The van der Waals surface area contributed by atoms with Gasteiger partial charge in [-0.1, -0.05) is 18.2 Å². The number of rotatable bonds is 4. The van der Waals surface area contributed by atoms with Crippen LogP contribution in [0.1, 0.15) is 32.3 Å².